The molecule has 9 heteroatoms. The van der Waals surface area contributed by atoms with Gasteiger partial charge in [-0.1, -0.05) is 17.3 Å². The van der Waals surface area contributed by atoms with Gasteiger partial charge in [-0.15, -0.1) is 0 Å². The molecule has 1 amide bonds. The topological polar surface area (TPSA) is 85.8 Å². The van der Waals surface area contributed by atoms with E-state index >= 15 is 0 Å². The van der Waals surface area contributed by atoms with Crippen molar-refractivity contribution in [2.24, 2.45) is 0 Å². The van der Waals surface area contributed by atoms with Gasteiger partial charge >= 0.3 is 11.8 Å². The van der Waals surface area contributed by atoms with Crippen molar-refractivity contribution in [1.29, 1.82) is 0 Å². The number of aromatic nitrogens is 4. The highest BCUT2D eigenvalue weighted by molar-refractivity contribution is 14.1. The smallest absolute Gasteiger partial charge is 0.316 e. The van der Waals surface area contributed by atoms with Crippen LogP contribution in [-0.4, -0.2) is 25.8 Å². The van der Waals surface area contributed by atoms with Crippen molar-refractivity contribution < 1.29 is 13.7 Å². The Morgan fingerprint density at radius 1 is 1.35 bits per heavy atom. The van der Waals surface area contributed by atoms with Crippen molar-refractivity contribution >= 4 is 28.5 Å². The fourth-order valence-corrected chi connectivity index (χ4v) is 2.29. The number of nitrogens with zero attached hydrogens (tertiary/aromatic N) is 4. The molecule has 0 aliphatic rings. The molecule has 2 heterocycles. The molecule has 2 aromatic heterocycles. The molecule has 0 unspecified atom stereocenters. The summed E-state index contributed by atoms with van der Waals surface area (Å²) in [5.74, 6) is -0.571. The van der Waals surface area contributed by atoms with Crippen molar-refractivity contribution in [3.63, 3.8) is 0 Å². The Bertz CT molecular complexity index is 815. The number of nitrogens with one attached hydrogen (secondary N) is 1. The molecule has 0 radical (unpaired) electrons. The van der Waals surface area contributed by atoms with Gasteiger partial charge in [0.15, 0.2) is 5.82 Å². The van der Waals surface area contributed by atoms with Crippen molar-refractivity contribution in [2.75, 3.05) is 0 Å². The van der Waals surface area contributed by atoms with Crippen LogP contribution in [0.5, 0.6) is 0 Å². The van der Waals surface area contributed by atoms with Crippen LogP contribution in [0.4, 0.5) is 4.39 Å². The molecule has 1 N–H and O–H groups in total. The number of carbonyl (C=O) groups excluding carboxylic acids is 1. The Labute approximate surface area is 144 Å². The van der Waals surface area contributed by atoms with Gasteiger partial charge in [-0.3, -0.25) is 9.48 Å². The fraction of sp³-hybridized carbons (Fsp3) is 0.143. The molecular weight excluding hydrogens is 416 g/mol. The average Bonchev–Trinajstić information content (AvgIpc) is 3.16. The zero-order chi connectivity index (χ0) is 16.2. The van der Waals surface area contributed by atoms with Crippen LogP contribution >= 0.6 is 22.6 Å². The summed E-state index contributed by atoms with van der Waals surface area (Å²) < 4.78 is 20.4. The molecule has 0 saturated carbocycles. The lowest BCUT2D eigenvalue weighted by atomic mass is 10.2. The van der Waals surface area contributed by atoms with Crippen molar-refractivity contribution in [3.05, 3.63) is 63.3 Å². The van der Waals surface area contributed by atoms with E-state index in [0.29, 0.717) is 12.4 Å². The average molecular weight is 427 g/mol. The summed E-state index contributed by atoms with van der Waals surface area (Å²) >= 11 is 2.14. The van der Waals surface area contributed by atoms with Gasteiger partial charge in [-0.2, -0.15) is 10.1 Å². The van der Waals surface area contributed by atoms with Crippen LogP contribution in [-0.2, 0) is 13.1 Å². The SMILES string of the molecule is O=C(NCc1ccc(F)cc1)c1nc(Cn2cc(I)cn2)no1. The predicted octanol–water partition coefficient (Wildman–Crippen LogP) is 1.99. The number of halogens is 2. The molecule has 0 aliphatic heterocycles. The Hall–Kier alpha value is -2.30. The van der Waals surface area contributed by atoms with Gasteiger partial charge in [0.25, 0.3) is 0 Å². The van der Waals surface area contributed by atoms with Gasteiger partial charge in [0.2, 0.25) is 0 Å². The molecule has 0 atom stereocenters. The molecule has 3 aromatic rings. The Morgan fingerprint density at radius 2 is 2.13 bits per heavy atom. The van der Waals surface area contributed by atoms with E-state index in [9.17, 15) is 9.18 Å². The van der Waals surface area contributed by atoms with Crippen LogP contribution in [0, 0.1) is 9.39 Å². The number of hydrogen-bond donors (Lipinski definition) is 1. The van der Waals surface area contributed by atoms with E-state index in [-0.39, 0.29) is 18.3 Å². The van der Waals surface area contributed by atoms with Crippen LogP contribution in [0.2, 0.25) is 0 Å². The third-order valence-electron chi connectivity index (χ3n) is 2.93. The first kappa shape index (κ1) is 15.6. The van der Waals surface area contributed by atoms with E-state index in [1.165, 1.54) is 12.1 Å². The number of carbonyl (C=O) groups is 1. The lowest BCUT2D eigenvalue weighted by molar-refractivity contribution is 0.0907. The second-order valence-corrected chi connectivity index (χ2v) is 5.93. The molecule has 0 aliphatic carbocycles. The van der Waals surface area contributed by atoms with Crippen LogP contribution in [0.25, 0.3) is 0 Å². The highest BCUT2D eigenvalue weighted by Crippen LogP contribution is 2.05. The van der Waals surface area contributed by atoms with Gasteiger partial charge < -0.3 is 9.84 Å². The summed E-state index contributed by atoms with van der Waals surface area (Å²) in [6, 6.07) is 5.85. The predicted molar refractivity (Wildman–Crippen MR) is 85.9 cm³/mol. The van der Waals surface area contributed by atoms with E-state index in [2.05, 4.69) is 43.1 Å². The highest BCUT2D eigenvalue weighted by atomic mass is 127. The second-order valence-electron chi connectivity index (χ2n) is 4.68. The molecule has 23 heavy (non-hydrogen) atoms. The third-order valence-corrected chi connectivity index (χ3v) is 3.49. The number of amides is 1. The third kappa shape index (κ3) is 4.12. The maximum atomic E-state index is 12.8. The van der Waals surface area contributed by atoms with Crippen LogP contribution in [0.3, 0.4) is 0 Å². The first-order valence-corrected chi connectivity index (χ1v) is 7.71. The van der Waals surface area contributed by atoms with Crippen molar-refractivity contribution in [3.8, 4) is 0 Å². The monoisotopic (exact) mass is 427 g/mol. The molecule has 0 saturated heterocycles. The standard InChI is InChI=1S/C14H11FIN5O2/c15-10-3-1-9(2-4-10)5-17-13(22)14-19-12(20-23-14)8-21-7-11(16)6-18-21/h1-4,6-7H,5,8H2,(H,17,22). The summed E-state index contributed by atoms with van der Waals surface area (Å²) in [4.78, 5) is 16.0. The number of rotatable bonds is 5. The summed E-state index contributed by atoms with van der Waals surface area (Å²) in [7, 11) is 0. The van der Waals surface area contributed by atoms with Crippen LogP contribution in [0.15, 0.2) is 41.2 Å². The minimum Gasteiger partial charge on any atom is -0.344 e. The lowest BCUT2D eigenvalue weighted by Gasteiger charge is -2.01. The molecule has 118 valence electrons. The molecule has 0 fully saturated rings. The molecule has 1 aromatic carbocycles. The Morgan fingerprint density at radius 3 is 2.83 bits per heavy atom. The Kier molecular flexibility index (Phi) is 4.65. The number of hydrogen-bond acceptors (Lipinski definition) is 5. The molecule has 7 nitrogen and oxygen atoms in total. The molecule has 3 rings (SSSR count). The lowest BCUT2D eigenvalue weighted by Crippen LogP contribution is -2.23. The minimum atomic E-state index is -0.483. The highest BCUT2D eigenvalue weighted by Gasteiger charge is 2.15. The van der Waals surface area contributed by atoms with Crippen LogP contribution < -0.4 is 5.32 Å². The zero-order valence-corrected chi connectivity index (χ0v) is 13.9. The normalized spacial score (nSPS) is 10.7. The second kappa shape index (κ2) is 6.86. The van der Waals surface area contributed by atoms with Gasteiger partial charge in [-0.25, -0.2) is 4.39 Å². The molecular formula is C14H11FIN5O2. The molecule has 0 bridgehead atoms. The molecule has 0 spiro atoms. The summed E-state index contributed by atoms with van der Waals surface area (Å²) in [5.41, 5.74) is 0.769. The fourth-order valence-electron chi connectivity index (χ4n) is 1.84. The van der Waals surface area contributed by atoms with Gasteiger partial charge in [-0.05, 0) is 40.3 Å². The van der Waals surface area contributed by atoms with E-state index in [1.807, 2.05) is 6.20 Å². The van der Waals surface area contributed by atoms with Gasteiger partial charge in [0, 0.05) is 12.7 Å². The summed E-state index contributed by atoms with van der Waals surface area (Å²) in [6.07, 6.45) is 3.53. The maximum absolute atomic E-state index is 12.8. The van der Waals surface area contributed by atoms with E-state index in [0.717, 1.165) is 9.13 Å². The van der Waals surface area contributed by atoms with E-state index in [1.54, 1.807) is 23.0 Å². The zero-order valence-electron chi connectivity index (χ0n) is 11.7. The summed E-state index contributed by atoms with van der Waals surface area (Å²) in [5, 5.41) is 10.5. The first-order valence-electron chi connectivity index (χ1n) is 6.63. The maximum Gasteiger partial charge on any atom is 0.316 e. The minimum absolute atomic E-state index is 0.121. The van der Waals surface area contributed by atoms with E-state index < -0.39 is 5.91 Å². The van der Waals surface area contributed by atoms with Crippen LogP contribution in [0.1, 0.15) is 22.1 Å². The Balaban J connectivity index is 1.58. The first-order chi connectivity index (χ1) is 11.1. The quantitative estimate of drug-likeness (QED) is 0.630. The van der Waals surface area contributed by atoms with Crippen molar-refractivity contribution in [1.82, 2.24) is 25.2 Å². The number of benzene rings is 1. The van der Waals surface area contributed by atoms with Gasteiger partial charge in [0.1, 0.15) is 12.4 Å². The summed E-state index contributed by atoms with van der Waals surface area (Å²) in [6.45, 7) is 0.561. The van der Waals surface area contributed by atoms with Crippen molar-refractivity contribution in [2.45, 2.75) is 13.1 Å². The largest absolute Gasteiger partial charge is 0.344 e. The van der Waals surface area contributed by atoms with Gasteiger partial charge in [0.05, 0.1) is 9.77 Å². The van der Waals surface area contributed by atoms with E-state index in [4.69, 9.17) is 4.52 Å².